The van der Waals surface area contributed by atoms with Gasteiger partial charge in [-0.1, -0.05) is 39.8 Å². The molecular weight excluding hydrogens is 310 g/mol. The first kappa shape index (κ1) is 23.0. The van der Waals surface area contributed by atoms with Crippen LogP contribution in [0.4, 0.5) is 0 Å². The van der Waals surface area contributed by atoms with Crippen LogP contribution in [-0.4, -0.2) is 11.1 Å². The molecule has 0 aliphatic carbocycles. The van der Waals surface area contributed by atoms with Gasteiger partial charge in [0.05, 0.1) is 0 Å². The molecule has 0 aliphatic heterocycles. The van der Waals surface area contributed by atoms with Gasteiger partial charge in [-0.2, -0.15) is 0 Å². The van der Waals surface area contributed by atoms with E-state index >= 15 is 0 Å². The van der Waals surface area contributed by atoms with Crippen molar-refractivity contribution in [3.63, 3.8) is 0 Å². The van der Waals surface area contributed by atoms with Crippen molar-refractivity contribution in [2.75, 3.05) is 0 Å². The van der Waals surface area contributed by atoms with Gasteiger partial charge in [-0.05, 0) is 74.6 Å². The minimum Gasteiger partial charge on any atom is -0.508 e. The first-order chi connectivity index (χ1) is 11.9. The number of ether oxygens (including phenoxy) is 1. The Morgan fingerprint density at radius 2 is 1.44 bits per heavy atom. The highest BCUT2D eigenvalue weighted by Gasteiger charge is 2.09. The van der Waals surface area contributed by atoms with E-state index in [2.05, 4.69) is 12.1 Å². The Balaban J connectivity index is 0.00000134. The van der Waals surface area contributed by atoms with Gasteiger partial charge in [0.2, 0.25) is 0 Å². The lowest BCUT2D eigenvalue weighted by atomic mass is 10.0. The molecule has 0 radical (unpaired) electrons. The van der Waals surface area contributed by atoms with Gasteiger partial charge in [-0.3, -0.25) is 0 Å². The van der Waals surface area contributed by atoms with Gasteiger partial charge in [0.25, 0.3) is 0 Å². The molecule has 0 saturated heterocycles. The average Bonchev–Trinajstić information content (AvgIpc) is 2.57. The third-order valence-corrected chi connectivity index (χ3v) is 3.47. The number of benzene rings is 2. The van der Waals surface area contributed by atoms with E-state index < -0.39 is 0 Å². The number of aromatic hydroxyl groups is 1. The van der Waals surface area contributed by atoms with Crippen LogP contribution < -0.4 is 10.5 Å². The van der Waals surface area contributed by atoms with Crippen LogP contribution in [0.3, 0.4) is 0 Å². The fourth-order valence-corrected chi connectivity index (χ4v) is 2.50. The Morgan fingerprint density at radius 1 is 0.920 bits per heavy atom. The molecule has 140 valence electrons. The quantitative estimate of drug-likeness (QED) is 0.709. The van der Waals surface area contributed by atoms with Gasteiger partial charge in [-0.25, -0.2) is 0 Å². The van der Waals surface area contributed by atoms with Gasteiger partial charge < -0.3 is 15.6 Å². The maximum atomic E-state index is 9.57. The number of hydrogen-bond donors (Lipinski definition) is 2. The van der Waals surface area contributed by atoms with Crippen molar-refractivity contribution in [1.82, 2.24) is 0 Å². The predicted molar refractivity (Wildman–Crippen MR) is 109 cm³/mol. The molecule has 1 atom stereocenters. The summed E-state index contributed by atoms with van der Waals surface area (Å²) in [5, 5.41) is 9.57. The summed E-state index contributed by atoms with van der Waals surface area (Å²) in [5.41, 5.74) is 10.1. The number of hydrogen-bond acceptors (Lipinski definition) is 3. The number of phenols is 1. The van der Waals surface area contributed by atoms with Crippen LogP contribution in [0.25, 0.3) is 0 Å². The van der Waals surface area contributed by atoms with E-state index in [1.165, 1.54) is 5.56 Å². The lowest BCUT2D eigenvalue weighted by Gasteiger charge is -2.15. The molecule has 2 aromatic carbocycles. The van der Waals surface area contributed by atoms with Crippen molar-refractivity contribution in [3.05, 3.63) is 52.6 Å². The first-order valence-electron chi connectivity index (χ1n) is 9.20. The summed E-state index contributed by atoms with van der Waals surface area (Å²) in [6, 6.07) is 9.66. The highest BCUT2D eigenvalue weighted by atomic mass is 16.5. The molecule has 3 nitrogen and oxygen atoms in total. The highest BCUT2D eigenvalue weighted by Crippen LogP contribution is 2.32. The van der Waals surface area contributed by atoms with E-state index in [4.69, 9.17) is 10.5 Å². The topological polar surface area (TPSA) is 55.5 Å². The van der Waals surface area contributed by atoms with E-state index in [1.54, 1.807) is 12.1 Å². The van der Waals surface area contributed by atoms with Gasteiger partial charge in [-0.15, -0.1) is 0 Å². The minimum absolute atomic E-state index is 0.148. The molecular formula is C22H35NO2. The van der Waals surface area contributed by atoms with Crippen molar-refractivity contribution >= 4 is 0 Å². The molecule has 0 amide bonds. The Hall–Kier alpha value is -2.00. The third kappa shape index (κ3) is 7.18. The van der Waals surface area contributed by atoms with Crippen LogP contribution in [0, 0.1) is 20.8 Å². The summed E-state index contributed by atoms with van der Waals surface area (Å²) >= 11 is 0. The van der Waals surface area contributed by atoms with Crippen molar-refractivity contribution in [2.24, 2.45) is 5.73 Å². The van der Waals surface area contributed by atoms with E-state index in [-0.39, 0.29) is 11.8 Å². The van der Waals surface area contributed by atoms with Crippen molar-refractivity contribution in [2.45, 2.75) is 67.9 Å². The standard InChI is InChI=1S/C18H23NO2.2C2H6/c1-11-9-16(5-6-17(11)20)21-18-12(2)7-15(8-13(18)3)10-14(4)19;2*1-2/h5-9,14,20H,10,19H2,1-4H3;2*1-2H3. The number of rotatable bonds is 4. The normalized spacial score (nSPS) is 10.8. The zero-order chi connectivity index (χ0) is 19.6. The van der Waals surface area contributed by atoms with Crippen LogP contribution >= 0.6 is 0 Å². The summed E-state index contributed by atoms with van der Waals surface area (Å²) in [6.07, 6.45) is 0.861. The summed E-state index contributed by atoms with van der Waals surface area (Å²) in [4.78, 5) is 0. The molecule has 3 heteroatoms. The average molecular weight is 346 g/mol. The van der Waals surface area contributed by atoms with Crippen LogP contribution in [0.2, 0.25) is 0 Å². The van der Waals surface area contributed by atoms with Crippen molar-refractivity contribution in [1.29, 1.82) is 0 Å². The molecule has 1 unspecified atom stereocenters. The smallest absolute Gasteiger partial charge is 0.133 e. The van der Waals surface area contributed by atoms with Gasteiger partial charge in [0.15, 0.2) is 0 Å². The summed E-state index contributed by atoms with van der Waals surface area (Å²) in [7, 11) is 0. The number of aryl methyl sites for hydroxylation is 3. The Morgan fingerprint density at radius 3 is 1.88 bits per heavy atom. The van der Waals surface area contributed by atoms with Crippen LogP contribution in [0.15, 0.2) is 30.3 Å². The molecule has 0 bridgehead atoms. The maximum absolute atomic E-state index is 9.57. The zero-order valence-electron chi connectivity index (χ0n) is 17.1. The van der Waals surface area contributed by atoms with Crippen LogP contribution in [0.5, 0.6) is 17.2 Å². The highest BCUT2D eigenvalue weighted by molar-refractivity contribution is 5.47. The predicted octanol–water partition coefficient (Wildman–Crippen LogP) is 6.05. The minimum atomic E-state index is 0.148. The second kappa shape index (κ2) is 11.5. The SMILES string of the molecule is CC.CC.Cc1cc(Oc2c(C)cc(CC(C)N)cc2C)ccc1O. The van der Waals surface area contributed by atoms with Gasteiger partial charge in [0.1, 0.15) is 17.2 Å². The molecule has 0 saturated carbocycles. The second-order valence-corrected chi connectivity index (χ2v) is 5.79. The van der Waals surface area contributed by atoms with Crippen molar-refractivity contribution < 1.29 is 9.84 Å². The van der Waals surface area contributed by atoms with E-state index in [1.807, 2.05) is 61.5 Å². The van der Waals surface area contributed by atoms with Gasteiger partial charge in [0, 0.05) is 6.04 Å². The fraction of sp³-hybridized carbons (Fsp3) is 0.455. The molecule has 0 aliphatic rings. The lowest BCUT2D eigenvalue weighted by Crippen LogP contribution is -2.17. The molecule has 0 aromatic heterocycles. The monoisotopic (exact) mass is 345 g/mol. The summed E-state index contributed by atoms with van der Waals surface area (Å²) in [6.45, 7) is 15.9. The molecule has 0 heterocycles. The molecule has 2 rings (SSSR count). The lowest BCUT2D eigenvalue weighted by molar-refractivity contribution is 0.457. The summed E-state index contributed by atoms with van der Waals surface area (Å²) < 4.78 is 5.99. The maximum Gasteiger partial charge on any atom is 0.133 e. The van der Waals surface area contributed by atoms with Crippen LogP contribution in [0.1, 0.15) is 56.9 Å². The summed E-state index contributed by atoms with van der Waals surface area (Å²) in [5.74, 6) is 1.88. The molecule has 3 N–H and O–H groups in total. The zero-order valence-corrected chi connectivity index (χ0v) is 17.1. The Labute approximate surface area is 153 Å². The Bertz CT molecular complexity index is 625. The second-order valence-electron chi connectivity index (χ2n) is 5.79. The number of nitrogens with two attached hydrogens (primary N) is 1. The first-order valence-corrected chi connectivity index (χ1v) is 9.20. The fourth-order valence-electron chi connectivity index (χ4n) is 2.50. The number of phenolic OH excluding ortho intramolecular Hbond substituents is 1. The molecule has 2 aromatic rings. The molecule has 0 fully saturated rings. The van der Waals surface area contributed by atoms with Crippen molar-refractivity contribution in [3.8, 4) is 17.2 Å². The van der Waals surface area contributed by atoms with Gasteiger partial charge >= 0.3 is 0 Å². The molecule has 0 spiro atoms. The third-order valence-electron chi connectivity index (χ3n) is 3.47. The largest absolute Gasteiger partial charge is 0.508 e. The van der Waals surface area contributed by atoms with E-state index in [0.29, 0.717) is 0 Å². The van der Waals surface area contributed by atoms with E-state index in [0.717, 1.165) is 34.6 Å². The molecule has 25 heavy (non-hydrogen) atoms. The van der Waals surface area contributed by atoms with Crippen LogP contribution in [-0.2, 0) is 6.42 Å². The van der Waals surface area contributed by atoms with E-state index in [9.17, 15) is 5.11 Å². The Kier molecular flexibility index (Phi) is 10.6.